The highest BCUT2D eigenvalue weighted by Crippen LogP contribution is 2.36. The summed E-state index contributed by atoms with van der Waals surface area (Å²) in [5.41, 5.74) is 3.17. The minimum Gasteiger partial charge on any atom is -0.490 e. The lowest BCUT2D eigenvalue weighted by Gasteiger charge is -2.11. The number of hydrogen-bond acceptors (Lipinski definition) is 8. The zero-order valence-corrected chi connectivity index (χ0v) is 18.3. The topological polar surface area (TPSA) is 136 Å². The van der Waals surface area contributed by atoms with Crippen molar-refractivity contribution in [1.82, 2.24) is 10.1 Å². The first kappa shape index (κ1) is 22.5. The Hall–Kier alpha value is -4.71. The summed E-state index contributed by atoms with van der Waals surface area (Å²) >= 11 is 0. The van der Waals surface area contributed by atoms with Crippen molar-refractivity contribution in [2.24, 2.45) is 0 Å². The lowest BCUT2D eigenvalue weighted by atomic mass is 10.0. The number of benzene rings is 2. The second-order valence-electron chi connectivity index (χ2n) is 7.61. The second-order valence-corrected chi connectivity index (χ2v) is 7.61. The van der Waals surface area contributed by atoms with Gasteiger partial charge in [-0.3, -0.25) is 0 Å². The molecular formula is C25H19N3O6. The van der Waals surface area contributed by atoms with Gasteiger partial charge < -0.3 is 19.1 Å². The van der Waals surface area contributed by atoms with Crippen LogP contribution in [-0.4, -0.2) is 33.3 Å². The minimum absolute atomic E-state index is 0.0703. The van der Waals surface area contributed by atoms with E-state index in [1.165, 1.54) is 0 Å². The second kappa shape index (κ2) is 9.42. The van der Waals surface area contributed by atoms with Crippen molar-refractivity contribution < 1.29 is 28.7 Å². The molecule has 0 fully saturated rings. The van der Waals surface area contributed by atoms with E-state index in [0.717, 1.165) is 17.7 Å². The SMILES string of the molecule is CC(C)Oc1ccc(-c2nc(-c3cccc4c3CC=C4OC(=O)/C=C/C(=O)O)no2)cc1C#N. The van der Waals surface area contributed by atoms with E-state index in [1.54, 1.807) is 36.4 Å². The van der Waals surface area contributed by atoms with Gasteiger partial charge in [0.25, 0.3) is 5.89 Å². The lowest BCUT2D eigenvalue weighted by molar-refractivity contribution is -0.134. The number of aromatic nitrogens is 2. The van der Waals surface area contributed by atoms with Gasteiger partial charge in [0, 0.05) is 28.8 Å². The molecule has 1 heterocycles. The third-order valence-corrected chi connectivity index (χ3v) is 4.88. The van der Waals surface area contributed by atoms with Crippen LogP contribution < -0.4 is 4.74 Å². The molecule has 0 atom stereocenters. The van der Waals surface area contributed by atoms with Gasteiger partial charge in [0.05, 0.1) is 11.7 Å². The summed E-state index contributed by atoms with van der Waals surface area (Å²) in [4.78, 5) is 27.0. The maximum atomic E-state index is 11.9. The molecule has 0 saturated heterocycles. The van der Waals surface area contributed by atoms with Crippen LogP contribution in [0.5, 0.6) is 5.75 Å². The smallest absolute Gasteiger partial charge is 0.336 e. The van der Waals surface area contributed by atoms with Crippen molar-refractivity contribution in [3.8, 4) is 34.7 Å². The quantitative estimate of drug-likeness (QED) is 0.410. The fourth-order valence-electron chi connectivity index (χ4n) is 3.49. The maximum Gasteiger partial charge on any atom is 0.336 e. The van der Waals surface area contributed by atoms with Crippen molar-refractivity contribution in [2.45, 2.75) is 26.4 Å². The van der Waals surface area contributed by atoms with Gasteiger partial charge in [-0.1, -0.05) is 23.4 Å². The van der Waals surface area contributed by atoms with E-state index in [1.807, 2.05) is 19.9 Å². The van der Waals surface area contributed by atoms with Crippen LogP contribution in [-0.2, 0) is 20.7 Å². The van der Waals surface area contributed by atoms with Crippen molar-refractivity contribution in [3.63, 3.8) is 0 Å². The maximum absolute atomic E-state index is 11.9. The van der Waals surface area contributed by atoms with Crippen molar-refractivity contribution in [2.75, 3.05) is 0 Å². The standard InChI is InChI=1S/C25H19N3O6/c1-14(2)32-20-8-6-15(12-16(20)13-26)25-27-24(28-34-25)19-5-3-4-18-17(19)7-9-21(18)33-23(31)11-10-22(29)30/h3-6,8-12,14H,7H2,1-2H3,(H,29,30)/b11-10+. The summed E-state index contributed by atoms with van der Waals surface area (Å²) in [6.45, 7) is 3.76. The largest absolute Gasteiger partial charge is 0.490 e. The van der Waals surface area contributed by atoms with Crippen LogP contribution in [0.15, 0.2) is 59.1 Å². The Bertz CT molecular complexity index is 1380. The summed E-state index contributed by atoms with van der Waals surface area (Å²) in [5.74, 6) is -0.617. The highest BCUT2D eigenvalue weighted by Gasteiger charge is 2.23. The lowest BCUT2D eigenvalue weighted by Crippen LogP contribution is -2.06. The number of rotatable bonds is 7. The van der Waals surface area contributed by atoms with E-state index >= 15 is 0 Å². The molecule has 1 N–H and O–H groups in total. The normalized spacial score (nSPS) is 12.4. The fourth-order valence-corrected chi connectivity index (χ4v) is 3.49. The minimum atomic E-state index is -1.24. The molecule has 3 aromatic rings. The van der Waals surface area contributed by atoms with Crippen LogP contribution in [0.4, 0.5) is 0 Å². The van der Waals surface area contributed by atoms with Gasteiger partial charge >= 0.3 is 11.9 Å². The molecule has 0 spiro atoms. The van der Waals surface area contributed by atoms with E-state index in [4.69, 9.17) is 19.1 Å². The number of carboxylic acids is 1. The van der Waals surface area contributed by atoms with Crippen molar-refractivity contribution in [1.29, 1.82) is 5.26 Å². The summed E-state index contributed by atoms with van der Waals surface area (Å²) in [6, 6.07) is 12.6. The molecule has 1 aliphatic rings. The summed E-state index contributed by atoms with van der Waals surface area (Å²) in [5, 5.41) is 22.2. The molecule has 170 valence electrons. The Balaban J connectivity index is 1.59. The van der Waals surface area contributed by atoms with E-state index in [0.29, 0.717) is 46.0 Å². The average Bonchev–Trinajstić information content (AvgIpc) is 3.45. The monoisotopic (exact) mass is 457 g/mol. The number of esters is 1. The molecule has 0 radical (unpaired) electrons. The van der Waals surface area contributed by atoms with E-state index in [2.05, 4.69) is 16.2 Å². The molecular weight excluding hydrogens is 438 g/mol. The van der Waals surface area contributed by atoms with Gasteiger partial charge in [-0.05, 0) is 50.1 Å². The molecule has 1 aliphatic carbocycles. The van der Waals surface area contributed by atoms with Crippen molar-refractivity contribution in [3.05, 3.63) is 71.3 Å². The predicted octanol–water partition coefficient (Wildman–Crippen LogP) is 4.14. The predicted molar refractivity (Wildman–Crippen MR) is 120 cm³/mol. The van der Waals surface area contributed by atoms with E-state index < -0.39 is 11.9 Å². The molecule has 9 heteroatoms. The van der Waals surface area contributed by atoms with Crippen LogP contribution in [0.2, 0.25) is 0 Å². The van der Waals surface area contributed by atoms with Crippen LogP contribution in [0.25, 0.3) is 28.6 Å². The van der Waals surface area contributed by atoms with Crippen LogP contribution in [0.1, 0.15) is 30.5 Å². The highest BCUT2D eigenvalue weighted by atomic mass is 16.5. The highest BCUT2D eigenvalue weighted by molar-refractivity contribution is 5.94. The first-order valence-electron chi connectivity index (χ1n) is 10.4. The number of allylic oxidation sites excluding steroid dienone is 1. The van der Waals surface area contributed by atoms with Crippen molar-refractivity contribution >= 4 is 17.7 Å². The van der Waals surface area contributed by atoms with E-state index in [-0.39, 0.29) is 12.0 Å². The van der Waals surface area contributed by atoms with Crippen LogP contribution >= 0.6 is 0 Å². The summed E-state index contributed by atoms with van der Waals surface area (Å²) in [7, 11) is 0. The third kappa shape index (κ3) is 4.71. The number of aliphatic carboxylic acids is 1. The molecule has 9 nitrogen and oxygen atoms in total. The van der Waals surface area contributed by atoms with Gasteiger partial charge in [0.2, 0.25) is 5.82 Å². The zero-order valence-electron chi connectivity index (χ0n) is 18.3. The zero-order chi connectivity index (χ0) is 24.2. The van der Waals surface area contributed by atoms with Crippen LogP contribution in [0, 0.1) is 11.3 Å². The van der Waals surface area contributed by atoms with E-state index in [9.17, 15) is 14.9 Å². The molecule has 1 aromatic heterocycles. The number of fused-ring (bicyclic) bond motifs is 1. The third-order valence-electron chi connectivity index (χ3n) is 4.88. The van der Waals surface area contributed by atoms with Gasteiger partial charge in [-0.25, -0.2) is 9.59 Å². The number of hydrogen-bond donors (Lipinski definition) is 1. The Kier molecular flexibility index (Phi) is 6.23. The van der Waals surface area contributed by atoms with Gasteiger partial charge in [-0.15, -0.1) is 0 Å². The molecule has 0 saturated carbocycles. The Labute approximate surface area is 194 Å². The first-order chi connectivity index (χ1) is 16.4. The number of nitrogens with zero attached hydrogens (tertiary/aromatic N) is 3. The fraction of sp³-hybridized carbons (Fsp3) is 0.160. The first-order valence-corrected chi connectivity index (χ1v) is 10.4. The molecule has 0 aliphatic heterocycles. The summed E-state index contributed by atoms with van der Waals surface area (Å²) < 4.78 is 16.4. The van der Waals surface area contributed by atoms with Crippen LogP contribution in [0.3, 0.4) is 0 Å². The Morgan fingerprint density at radius 3 is 2.74 bits per heavy atom. The number of ether oxygens (including phenoxy) is 2. The molecule has 0 bridgehead atoms. The molecule has 34 heavy (non-hydrogen) atoms. The molecule has 2 aromatic carbocycles. The molecule has 0 unspecified atom stereocenters. The van der Waals surface area contributed by atoms with Gasteiger partial charge in [0.15, 0.2) is 0 Å². The Morgan fingerprint density at radius 1 is 1.21 bits per heavy atom. The Morgan fingerprint density at radius 2 is 2.00 bits per heavy atom. The summed E-state index contributed by atoms with van der Waals surface area (Å²) in [6.07, 6.45) is 3.70. The number of carboxylic acid groups (broad SMARTS) is 1. The van der Waals surface area contributed by atoms with Gasteiger partial charge in [-0.2, -0.15) is 10.2 Å². The molecule has 4 rings (SSSR count). The number of carbonyl (C=O) groups excluding carboxylic acids is 1. The number of nitriles is 1. The molecule has 0 amide bonds. The average molecular weight is 457 g/mol. The number of carbonyl (C=O) groups is 2. The van der Waals surface area contributed by atoms with Gasteiger partial charge in [0.1, 0.15) is 17.6 Å².